The highest BCUT2D eigenvalue weighted by molar-refractivity contribution is 4.76. The zero-order chi connectivity index (χ0) is 12.7. The van der Waals surface area contributed by atoms with E-state index in [1.54, 1.807) is 0 Å². The van der Waals surface area contributed by atoms with Crippen LogP contribution in [0.5, 0.6) is 0 Å². The first-order chi connectivity index (χ1) is 8.13. The zero-order valence-electron chi connectivity index (χ0n) is 11.9. The average Bonchev–Trinajstić information content (AvgIpc) is 2.54. The van der Waals surface area contributed by atoms with Gasteiger partial charge in [-0.25, -0.2) is 0 Å². The van der Waals surface area contributed by atoms with E-state index < -0.39 is 0 Å². The maximum Gasteiger partial charge on any atom is 0.0549 e. The quantitative estimate of drug-likeness (QED) is 0.699. The van der Waals surface area contributed by atoms with Gasteiger partial charge in [0.1, 0.15) is 0 Å². The van der Waals surface area contributed by atoms with Gasteiger partial charge in [-0.05, 0) is 50.5 Å². The predicted molar refractivity (Wildman–Crippen MR) is 74.1 cm³/mol. The van der Waals surface area contributed by atoms with Crippen molar-refractivity contribution in [1.82, 2.24) is 5.32 Å². The highest BCUT2D eigenvalue weighted by Crippen LogP contribution is 2.28. The molecule has 0 amide bonds. The van der Waals surface area contributed by atoms with Crippen molar-refractivity contribution in [2.24, 2.45) is 11.8 Å². The second-order valence-corrected chi connectivity index (χ2v) is 6.01. The minimum atomic E-state index is -0.114. The van der Waals surface area contributed by atoms with Crippen LogP contribution in [0.25, 0.3) is 0 Å². The molecule has 0 aromatic carbocycles. The molecule has 0 spiro atoms. The molecule has 3 unspecified atom stereocenters. The number of aliphatic hydroxyl groups excluding tert-OH is 1. The van der Waals surface area contributed by atoms with Gasteiger partial charge in [0.05, 0.1) is 6.10 Å². The Hall–Kier alpha value is -0.0800. The Kier molecular flexibility index (Phi) is 7.14. The second kappa shape index (κ2) is 8.10. The monoisotopic (exact) mass is 241 g/mol. The molecule has 2 N–H and O–H groups in total. The molecule has 0 saturated heterocycles. The molecule has 0 bridgehead atoms. The molecule has 2 nitrogen and oxygen atoms in total. The van der Waals surface area contributed by atoms with E-state index in [2.05, 4.69) is 19.2 Å². The lowest BCUT2D eigenvalue weighted by Gasteiger charge is -2.19. The normalized spacial score (nSPS) is 28.1. The smallest absolute Gasteiger partial charge is 0.0549 e. The van der Waals surface area contributed by atoms with Crippen molar-refractivity contribution in [2.75, 3.05) is 6.54 Å². The van der Waals surface area contributed by atoms with Crippen LogP contribution in [-0.2, 0) is 0 Å². The van der Waals surface area contributed by atoms with Gasteiger partial charge in [0, 0.05) is 6.04 Å². The molecule has 0 radical (unpaired) electrons. The first-order valence-electron chi connectivity index (χ1n) is 7.55. The average molecular weight is 241 g/mol. The molecule has 1 aliphatic rings. The summed E-state index contributed by atoms with van der Waals surface area (Å²) in [6, 6.07) is 0.697. The summed E-state index contributed by atoms with van der Waals surface area (Å²) in [7, 11) is 0. The number of hydrogen-bond acceptors (Lipinski definition) is 2. The summed E-state index contributed by atoms with van der Waals surface area (Å²) in [5.74, 6) is 1.78. The van der Waals surface area contributed by atoms with Crippen LogP contribution in [0, 0.1) is 11.8 Å². The molecule has 0 heterocycles. The lowest BCUT2D eigenvalue weighted by molar-refractivity contribution is 0.158. The summed E-state index contributed by atoms with van der Waals surface area (Å²) in [6.07, 6.45) is 8.48. The van der Waals surface area contributed by atoms with Gasteiger partial charge in [0.25, 0.3) is 0 Å². The van der Waals surface area contributed by atoms with Crippen molar-refractivity contribution in [2.45, 2.75) is 77.9 Å². The lowest BCUT2D eigenvalue weighted by Crippen LogP contribution is -2.31. The molecule has 0 aromatic heterocycles. The van der Waals surface area contributed by atoms with Crippen LogP contribution in [0.4, 0.5) is 0 Å². The molecule has 2 heteroatoms. The van der Waals surface area contributed by atoms with Gasteiger partial charge in [-0.1, -0.05) is 33.6 Å². The SMILES string of the molecule is CCC(O)CCNC1CCCC(C(C)C)CC1. The van der Waals surface area contributed by atoms with Gasteiger partial charge >= 0.3 is 0 Å². The summed E-state index contributed by atoms with van der Waals surface area (Å²) >= 11 is 0. The van der Waals surface area contributed by atoms with E-state index in [0.29, 0.717) is 6.04 Å². The molecular formula is C15H31NO. The van der Waals surface area contributed by atoms with Crippen molar-refractivity contribution in [3.8, 4) is 0 Å². The molecule has 1 aliphatic carbocycles. The molecule has 1 fully saturated rings. The molecule has 0 aromatic rings. The van der Waals surface area contributed by atoms with Gasteiger partial charge in [-0.15, -0.1) is 0 Å². The van der Waals surface area contributed by atoms with Crippen molar-refractivity contribution in [3.63, 3.8) is 0 Å². The molecule has 1 rings (SSSR count). The Labute approximate surface area is 107 Å². The summed E-state index contributed by atoms with van der Waals surface area (Å²) in [4.78, 5) is 0. The van der Waals surface area contributed by atoms with Crippen LogP contribution in [0.1, 0.15) is 65.7 Å². The topological polar surface area (TPSA) is 32.3 Å². The van der Waals surface area contributed by atoms with E-state index in [0.717, 1.165) is 31.2 Å². The highest BCUT2D eigenvalue weighted by atomic mass is 16.3. The van der Waals surface area contributed by atoms with Crippen molar-refractivity contribution < 1.29 is 5.11 Å². The van der Waals surface area contributed by atoms with Crippen molar-refractivity contribution in [3.05, 3.63) is 0 Å². The van der Waals surface area contributed by atoms with Crippen LogP contribution in [0.15, 0.2) is 0 Å². The largest absolute Gasteiger partial charge is 0.393 e. The van der Waals surface area contributed by atoms with Crippen LogP contribution in [0.3, 0.4) is 0 Å². The van der Waals surface area contributed by atoms with Crippen molar-refractivity contribution >= 4 is 0 Å². The van der Waals surface area contributed by atoms with Gasteiger partial charge in [0.15, 0.2) is 0 Å². The first-order valence-corrected chi connectivity index (χ1v) is 7.55. The maximum atomic E-state index is 9.52. The Morgan fingerprint density at radius 2 is 1.94 bits per heavy atom. The minimum Gasteiger partial charge on any atom is -0.393 e. The third-order valence-electron chi connectivity index (χ3n) is 4.34. The fraction of sp³-hybridized carbons (Fsp3) is 1.00. The molecule has 0 aliphatic heterocycles. The summed E-state index contributed by atoms with van der Waals surface area (Å²) in [6.45, 7) is 7.74. The fourth-order valence-corrected chi connectivity index (χ4v) is 2.86. The maximum absolute atomic E-state index is 9.52. The fourth-order valence-electron chi connectivity index (χ4n) is 2.86. The minimum absolute atomic E-state index is 0.114. The van der Waals surface area contributed by atoms with E-state index in [9.17, 15) is 5.11 Å². The van der Waals surface area contributed by atoms with Gasteiger partial charge in [-0.2, -0.15) is 0 Å². The molecule has 17 heavy (non-hydrogen) atoms. The van der Waals surface area contributed by atoms with Crippen molar-refractivity contribution in [1.29, 1.82) is 0 Å². The van der Waals surface area contributed by atoms with E-state index in [1.165, 1.54) is 32.1 Å². The molecule has 1 saturated carbocycles. The first kappa shape index (κ1) is 15.0. The Morgan fingerprint density at radius 1 is 1.18 bits per heavy atom. The van der Waals surface area contributed by atoms with E-state index in [1.807, 2.05) is 6.92 Å². The Morgan fingerprint density at radius 3 is 2.59 bits per heavy atom. The van der Waals surface area contributed by atoms with Gasteiger partial charge in [-0.3, -0.25) is 0 Å². The number of hydrogen-bond donors (Lipinski definition) is 2. The van der Waals surface area contributed by atoms with Crippen LogP contribution < -0.4 is 5.32 Å². The standard InChI is InChI=1S/C15H31NO/c1-4-15(17)10-11-16-14-7-5-6-13(8-9-14)12(2)3/h12-17H,4-11H2,1-3H3. The predicted octanol–water partition coefficient (Wildman–Crippen LogP) is 3.34. The molecule has 102 valence electrons. The number of rotatable bonds is 6. The van der Waals surface area contributed by atoms with Crippen LogP contribution >= 0.6 is 0 Å². The number of nitrogens with one attached hydrogen (secondary N) is 1. The second-order valence-electron chi connectivity index (χ2n) is 6.01. The van der Waals surface area contributed by atoms with E-state index >= 15 is 0 Å². The lowest BCUT2D eigenvalue weighted by atomic mass is 9.89. The summed E-state index contributed by atoms with van der Waals surface area (Å²) in [5, 5.41) is 13.1. The third-order valence-corrected chi connectivity index (χ3v) is 4.34. The number of aliphatic hydroxyl groups is 1. The van der Waals surface area contributed by atoms with Crippen LogP contribution in [0.2, 0.25) is 0 Å². The van der Waals surface area contributed by atoms with Crippen LogP contribution in [-0.4, -0.2) is 23.8 Å². The summed E-state index contributed by atoms with van der Waals surface area (Å²) < 4.78 is 0. The van der Waals surface area contributed by atoms with Gasteiger partial charge in [0.2, 0.25) is 0 Å². The molecular weight excluding hydrogens is 210 g/mol. The zero-order valence-corrected chi connectivity index (χ0v) is 11.9. The highest BCUT2D eigenvalue weighted by Gasteiger charge is 2.20. The Bertz CT molecular complexity index is 193. The third kappa shape index (κ3) is 5.87. The Balaban J connectivity index is 2.18. The summed E-state index contributed by atoms with van der Waals surface area (Å²) in [5.41, 5.74) is 0. The molecule has 3 atom stereocenters. The van der Waals surface area contributed by atoms with E-state index in [-0.39, 0.29) is 6.10 Å². The van der Waals surface area contributed by atoms with E-state index in [4.69, 9.17) is 0 Å². The van der Waals surface area contributed by atoms with Gasteiger partial charge < -0.3 is 10.4 Å².